The van der Waals surface area contributed by atoms with Gasteiger partial charge in [-0.3, -0.25) is 14.3 Å². The lowest BCUT2D eigenvalue weighted by Crippen LogP contribution is -2.46. The number of ether oxygens (including phenoxy) is 1. The number of rotatable bonds is 9. The molecule has 0 aliphatic carbocycles. The Morgan fingerprint density at radius 3 is 2.31 bits per heavy atom. The number of imidazole rings is 1. The third-order valence-corrected chi connectivity index (χ3v) is 11.3. The summed E-state index contributed by atoms with van der Waals surface area (Å²) in [6, 6.07) is 8.07. The second-order valence-electron chi connectivity index (χ2n) is 10.7. The largest absolute Gasteiger partial charge is 0.491 e. The van der Waals surface area contributed by atoms with Crippen LogP contribution in [-0.2, 0) is 24.4 Å². The molecule has 2 heterocycles. The summed E-state index contributed by atoms with van der Waals surface area (Å²) >= 11 is 0. The van der Waals surface area contributed by atoms with Crippen LogP contribution in [0.3, 0.4) is 0 Å². The van der Waals surface area contributed by atoms with Gasteiger partial charge in [-0.2, -0.15) is 4.98 Å². The summed E-state index contributed by atoms with van der Waals surface area (Å²) in [4.78, 5) is 33.9. The summed E-state index contributed by atoms with van der Waals surface area (Å²) < 4.78 is 16.1. The van der Waals surface area contributed by atoms with Gasteiger partial charge in [-0.05, 0) is 42.2 Å². The Kier molecular flexibility index (Phi) is 7.66. The van der Waals surface area contributed by atoms with Gasteiger partial charge in [0.2, 0.25) is 5.95 Å². The van der Waals surface area contributed by atoms with Gasteiger partial charge in [0.1, 0.15) is 12.4 Å². The van der Waals surface area contributed by atoms with Crippen molar-refractivity contribution >= 4 is 25.4 Å². The maximum atomic E-state index is 12.9. The monoisotopic (exact) mass is 501 g/mol. The van der Waals surface area contributed by atoms with Crippen molar-refractivity contribution in [3.63, 3.8) is 0 Å². The summed E-state index contributed by atoms with van der Waals surface area (Å²) in [7, 11) is 3.15. The zero-order valence-electron chi connectivity index (χ0n) is 22.4. The van der Waals surface area contributed by atoms with Gasteiger partial charge in [0, 0.05) is 21.1 Å². The molecule has 1 N–H and O–H groups in total. The van der Waals surface area contributed by atoms with Crippen LogP contribution in [0.15, 0.2) is 33.9 Å². The van der Waals surface area contributed by atoms with E-state index in [9.17, 15) is 9.59 Å². The van der Waals surface area contributed by atoms with Crippen molar-refractivity contribution in [1.29, 1.82) is 0 Å². The van der Waals surface area contributed by atoms with E-state index < -0.39 is 19.6 Å². The van der Waals surface area contributed by atoms with E-state index in [1.54, 1.807) is 7.05 Å². The molecule has 3 rings (SSSR count). The molecule has 3 aromatic rings. The highest BCUT2D eigenvalue weighted by atomic mass is 28.4. The van der Waals surface area contributed by atoms with Crippen LogP contribution < -0.4 is 20.9 Å². The smallest absolute Gasteiger partial charge is 0.329 e. The molecule has 192 valence electrons. The number of H-pyrrole nitrogens is 1. The second kappa shape index (κ2) is 10.0. The average Bonchev–Trinajstić information content (AvgIpc) is 3.15. The minimum atomic E-state index is -2.17. The van der Waals surface area contributed by atoms with Crippen molar-refractivity contribution < 1.29 is 9.16 Å². The van der Waals surface area contributed by atoms with Gasteiger partial charge >= 0.3 is 5.69 Å². The van der Waals surface area contributed by atoms with Crippen LogP contribution in [0.2, 0.25) is 18.1 Å². The molecule has 0 aliphatic rings. The number of aryl methyl sites for hydroxylation is 2. The Labute approximate surface area is 207 Å². The predicted octanol–water partition coefficient (Wildman–Crippen LogP) is 3.52. The average molecular weight is 502 g/mol. The van der Waals surface area contributed by atoms with Gasteiger partial charge in [0.05, 0.1) is 12.6 Å². The molecule has 1 aromatic carbocycles. The van der Waals surface area contributed by atoms with Gasteiger partial charge in [-0.25, -0.2) is 4.79 Å². The van der Waals surface area contributed by atoms with Gasteiger partial charge in [0.15, 0.2) is 19.5 Å². The first kappa shape index (κ1) is 26.7. The van der Waals surface area contributed by atoms with Crippen LogP contribution in [0.5, 0.6) is 5.75 Å². The standard InChI is InChI=1S/C25H39N5O4Si/c1-10-17-11-13-18(14-12-17)33-16-19(34-35(8,9)25(2,3)4)15-30-20-21(26-23(30)28(5)6)29(7)24(32)27-22(20)31/h11-14,19H,10,15-16H2,1-9H3,(H,27,31,32). The van der Waals surface area contributed by atoms with E-state index >= 15 is 0 Å². The lowest BCUT2D eigenvalue weighted by atomic mass is 10.2. The van der Waals surface area contributed by atoms with Crippen LogP contribution in [0, 0.1) is 0 Å². The van der Waals surface area contributed by atoms with Crippen LogP contribution >= 0.6 is 0 Å². The molecular weight excluding hydrogens is 462 g/mol. The van der Waals surface area contributed by atoms with Gasteiger partial charge in [-0.15, -0.1) is 0 Å². The summed E-state index contributed by atoms with van der Waals surface area (Å²) in [5, 5.41) is -0.00319. The first-order chi connectivity index (χ1) is 16.2. The minimum Gasteiger partial charge on any atom is -0.491 e. The Morgan fingerprint density at radius 2 is 1.77 bits per heavy atom. The molecule has 0 saturated heterocycles. The molecule has 10 heteroatoms. The van der Waals surface area contributed by atoms with Gasteiger partial charge in [-0.1, -0.05) is 39.8 Å². The molecule has 0 saturated carbocycles. The molecule has 35 heavy (non-hydrogen) atoms. The van der Waals surface area contributed by atoms with Crippen molar-refractivity contribution in [3.05, 3.63) is 50.7 Å². The predicted molar refractivity (Wildman–Crippen MR) is 143 cm³/mol. The highest BCUT2D eigenvalue weighted by molar-refractivity contribution is 6.74. The lowest BCUT2D eigenvalue weighted by molar-refractivity contribution is 0.101. The number of hydrogen-bond donors (Lipinski definition) is 1. The van der Waals surface area contributed by atoms with Gasteiger partial charge < -0.3 is 18.6 Å². The molecule has 1 atom stereocenters. The van der Waals surface area contributed by atoms with E-state index in [0.717, 1.165) is 12.2 Å². The summed E-state index contributed by atoms with van der Waals surface area (Å²) in [5.74, 6) is 1.34. The fourth-order valence-electron chi connectivity index (χ4n) is 3.67. The summed E-state index contributed by atoms with van der Waals surface area (Å²) in [5.41, 5.74) is 0.963. The minimum absolute atomic E-state index is 0.00319. The molecule has 0 fully saturated rings. The maximum Gasteiger partial charge on any atom is 0.329 e. The first-order valence-corrected chi connectivity index (χ1v) is 14.9. The normalized spacial score (nSPS) is 13.3. The third-order valence-electron chi connectivity index (χ3n) is 6.81. The number of aromatic amines is 1. The quantitative estimate of drug-likeness (QED) is 0.451. The molecule has 0 amide bonds. The summed E-state index contributed by atoms with van der Waals surface area (Å²) in [6.45, 7) is 13.8. The first-order valence-electron chi connectivity index (χ1n) is 12.0. The van der Waals surface area contributed by atoms with E-state index in [4.69, 9.17) is 9.16 Å². The van der Waals surface area contributed by atoms with E-state index in [1.165, 1.54) is 10.1 Å². The maximum absolute atomic E-state index is 12.9. The molecule has 9 nitrogen and oxygen atoms in total. The zero-order chi connectivity index (χ0) is 26.1. The SMILES string of the molecule is CCc1ccc(OCC(Cn2c(N(C)C)nc3c2c(=O)[nH]c(=O)n3C)O[Si](C)(C)C(C)(C)C)cc1. The molecule has 0 spiro atoms. The Balaban J connectivity index is 2.03. The van der Waals surface area contributed by atoms with E-state index in [1.807, 2.05) is 35.7 Å². The van der Waals surface area contributed by atoms with E-state index in [-0.39, 0.29) is 11.1 Å². The van der Waals surface area contributed by atoms with Crippen LogP contribution in [0.1, 0.15) is 33.3 Å². The molecule has 2 aromatic heterocycles. The van der Waals surface area contributed by atoms with Crippen LogP contribution in [-0.4, -0.2) is 54.2 Å². The highest BCUT2D eigenvalue weighted by Crippen LogP contribution is 2.37. The molecule has 0 radical (unpaired) electrons. The summed E-state index contributed by atoms with van der Waals surface area (Å²) in [6.07, 6.45) is 0.629. The Morgan fingerprint density at radius 1 is 1.14 bits per heavy atom. The fourth-order valence-corrected chi connectivity index (χ4v) is 5.00. The molecule has 1 unspecified atom stereocenters. The number of anilines is 1. The number of nitrogens with zero attached hydrogens (tertiary/aromatic N) is 4. The third kappa shape index (κ3) is 5.70. The fraction of sp³-hybridized carbons (Fsp3) is 0.560. The second-order valence-corrected chi connectivity index (χ2v) is 15.5. The van der Waals surface area contributed by atoms with Crippen molar-refractivity contribution in [3.8, 4) is 5.75 Å². The number of nitrogens with one attached hydrogen (secondary N) is 1. The number of aromatic nitrogens is 4. The van der Waals surface area contributed by atoms with Crippen LogP contribution in [0.4, 0.5) is 5.95 Å². The number of hydrogen-bond acceptors (Lipinski definition) is 6. The molecular formula is C25H39N5O4Si. The van der Waals surface area contributed by atoms with E-state index in [0.29, 0.717) is 30.3 Å². The molecule has 0 aliphatic heterocycles. The number of benzene rings is 1. The number of fused-ring (bicyclic) bond motifs is 1. The zero-order valence-corrected chi connectivity index (χ0v) is 23.4. The van der Waals surface area contributed by atoms with Crippen molar-refractivity contribution in [2.45, 2.75) is 64.9 Å². The Bertz CT molecular complexity index is 1280. The van der Waals surface area contributed by atoms with Gasteiger partial charge in [0.25, 0.3) is 5.56 Å². The Hall–Kier alpha value is -2.85. The van der Waals surface area contributed by atoms with Crippen molar-refractivity contribution in [2.75, 3.05) is 25.6 Å². The van der Waals surface area contributed by atoms with Crippen molar-refractivity contribution in [2.24, 2.45) is 7.05 Å². The van der Waals surface area contributed by atoms with Crippen LogP contribution in [0.25, 0.3) is 11.2 Å². The lowest BCUT2D eigenvalue weighted by Gasteiger charge is -2.39. The van der Waals surface area contributed by atoms with E-state index in [2.05, 4.69) is 62.9 Å². The van der Waals surface area contributed by atoms with Crippen molar-refractivity contribution in [1.82, 2.24) is 19.1 Å². The molecule has 0 bridgehead atoms. The highest BCUT2D eigenvalue weighted by Gasteiger charge is 2.39. The topological polar surface area (TPSA) is 94.4 Å².